The molecule has 2 aromatic carbocycles. The predicted molar refractivity (Wildman–Crippen MR) is 139 cm³/mol. The minimum Gasteiger partial charge on any atom is -0.205 e. The van der Waals surface area contributed by atoms with E-state index in [2.05, 4.69) is 41.7 Å². The van der Waals surface area contributed by atoms with E-state index in [0.29, 0.717) is 0 Å². The Bertz CT molecular complexity index is 1040. The Morgan fingerprint density at radius 3 is 1.05 bits per heavy atom. The molecule has 0 aliphatic heterocycles. The maximum absolute atomic E-state index is 4.26. The summed E-state index contributed by atoms with van der Waals surface area (Å²) < 4.78 is 4.30. The van der Waals surface area contributed by atoms with E-state index in [1.807, 2.05) is 125 Å². The quantitative estimate of drug-likeness (QED) is 0.0989. The van der Waals surface area contributed by atoms with Gasteiger partial charge in [0.25, 0.3) is 0 Å². The van der Waals surface area contributed by atoms with Crippen molar-refractivity contribution in [3.63, 3.8) is 0 Å². The molecule has 0 bridgehead atoms. The molecule has 192 valence electrons. The normalized spacial score (nSPS) is 9.84. The number of rotatable bonds is 8. The third-order valence-corrected chi connectivity index (χ3v) is 4.54. The van der Waals surface area contributed by atoms with Crippen molar-refractivity contribution in [2.45, 2.75) is 47.2 Å². The number of aromatic nitrogens is 2. The Balaban J connectivity index is 0.00000206. The fourth-order valence-corrected chi connectivity index (χ4v) is 2.89. The first-order valence-electron chi connectivity index (χ1n) is 12.1. The summed E-state index contributed by atoms with van der Waals surface area (Å²) in [7, 11) is 0. The van der Waals surface area contributed by atoms with Gasteiger partial charge in [-0.2, -0.15) is 56.9 Å². The van der Waals surface area contributed by atoms with Crippen LogP contribution >= 0.6 is 0 Å². The second kappa shape index (κ2) is 21.4. The average Bonchev–Trinajstić information content (AvgIpc) is 2.95. The molecule has 2 heterocycles. The van der Waals surface area contributed by atoms with Gasteiger partial charge in [-0.3, -0.25) is 0 Å². The van der Waals surface area contributed by atoms with E-state index in [1.165, 1.54) is 0 Å². The second-order valence-corrected chi connectivity index (χ2v) is 6.86. The van der Waals surface area contributed by atoms with E-state index >= 15 is 0 Å². The van der Waals surface area contributed by atoms with Gasteiger partial charge in [0.2, 0.25) is 0 Å². The Labute approximate surface area is 250 Å². The average molecular weight is 834 g/mol. The van der Waals surface area contributed by atoms with Crippen LogP contribution in [0.15, 0.2) is 118 Å². The van der Waals surface area contributed by atoms with E-state index in [9.17, 15) is 0 Å². The number of nitrogens with zero attached hydrogens (tertiary/aromatic N) is 6. The van der Waals surface area contributed by atoms with Gasteiger partial charge in [0.1, 0.15) is 0 Å². The number of benzene rings is 2. The molecule has 4 rings (SSSR count). The molecule has 0 spiro atoms. The largest absolute Gasteiger partial charge is 0.205 e. The maximum Gasteiger partial charge on any atom is 0.171 e. The molecule has 0 unspecified atom stereocenters. The predicted octanol–water partition coefficient (Wildman–Crippen LogP) is 7.83. The molecule has 37 heavy (non-hydrogen) atoms. The van der Waals surface area contributed by atoms with Crippen LogP contribution in [-0.2, 0) is 55.2 Å². The van der Waals surface area contributed by atoms with Crippen LogP contribution in [0.25, 0.3) is 0 Å². The van der Waals surface area contributed by atoms with Crippen molar-refractivity contribution >= 4 is 22.7 Å². The zero-order chi connectivity index (χ0) is 25.1. The van der Waals surface area contributed by atoms with Crippen molar-refractivity contribution in [1.82, 2.24) is 0 Å². The number of azo groups is 2. The number of aryl methyl sites for hydroxylation is 2. The summed E-state index contributed by atoms with van der Waals surface area (Å²) in [5, 5.41) is 17.0. The standard InChI is InChI=1S/C25H22N6.2C2H6.2W/c1-3-8-22(9-4-1)26-28-24-12-18-30(19-13-24)16-7-17-31-20-14-25(15-21-31)29-27-23-10-5-2-6-11-23;2*1-2;;/h3-6,8-15,18-21H,7,16-17H2;2*1-2H3;;. The number of hydrogen-bond acceptors (Lipinski definition) is 4. The molecule has 0 radical (unpaired) electrons. The van der Waals surface area contributed by atoms with Gasteiger partial charge in [0.05, 0.1) is 17.8 Å². The minimum absolute atomic E-state index is 0. The Morgan fingerprint density at radius 2 is 0.757 bits per heavy atom. The topological polar surface area (TPSA) is 57.2 Å². The second-order valence-electron chi connectivity index (χ2n) is 6.86. The third-order valence-electron chi connectivity index (χ3n) is 4.54. The fraction of sp³-hybridized carbons (Fsp3) is 0.241. The van der Waals surface area contributed by atoms with Gasteiger partial charge >= 0.3 is 0 Å². The Hall–Kier alpha value is -2.68. The van der Waals surface area contributed by atoms with Crippen molar-refractivity contribution in [3.8, 4) is 0 Å². The first kappa shape index (κ1) is 34.3. The molecule has 0 amide bonds. The fourth-order valence-electron chi connectivity index (χ4n) is 2.89. The van der Waals surface area contributed by atoms with E-state index < -0.39 is 0 Å². The van der Waals surface area contributed by atoms with Crippen LogP contribution in [0.2, 0.25) is 0 Å². The van der Waals surface area contributed by atoms with Crippen LogP contribution < -0.4 is 9.13 Å². The summed E-state index contributed by atoms with van der Waals surface area (Å²) in [5.74, 6) is 0. The van der Waals surface area contributed by atoms with E-state index in [4.69, 9.17) is 0 Å². The summed E-state index contributed by atoms with van der Waals surface area (Å²) in [6.45, 7) is 9.84. The third kappa shape index (κ3) is 13.4. The van der Waals surface area contributed by atoms with Crippen LogP contribution in [0.1, 0.15) is 34.1 Å². The summed E-state index contributed by atoms with van der Waals surface area (Å²) in [5.41, 5.74) is 3.30. The summed E-state index contributed by atoms with van der Waals surface area (Å²) in [6.07, 6.45) is 9.13. The molecule has 0 atom stereocenters. The molecule has 0 aliphatic carbocycles. The Morgan fingerprint density at radius 1 is 0.486 bits per heavy atom. The SMILES string of the molecule is CC.CC.[W].[W].[c-]1ccc(N=Nc2cc[n+](CCC[n+]3ccc(N=Nc4cc[c-]cc4)cc3)cc2)cc1. The van der Waals surface area contributed by atoms with Gasteiger partial charge < -0.3 is 0 Å². The molecule has 8 heteroatoms. The van der Waals surface area contributed by atoms with Gasteiger partial charge in [-0.15, -0.1) is 24.3 Å². The van der Waals surface area contributed by atoms with Crippen molar-refractivity contribution in [3.05, 3.63) is 110 Å². The van der Waals surface area contributed by atoms with Crippen molar-refractivity contribution < 1.29 is 51.3 Å². The molecular formula is C29H34N6W2. The van der Waals surface area contributed by atoms with E-state index in [0.717, 1.165) is 42.3 Å². The van der Waals surface area contributed by atoms with E-state index in [1.54, 1.807) is 0 Å². The zero-order valence-electron chi connectivity index (χ0n) is 21.9. The van der Waals surface area contributed by atoms with Gasteiger partial charge in [0, 0.05) is 66.4 Å². The molecule has 2 aromatic heterocycles. The first-order valence-corrected chi connectivity index (χ1v) is 12.1. The van der Waals surface area contributed by atoms with Crippen LogP contribution in [0, 0.1) is 12.1 Å². The van der Waals surface area contributed by atoms with Crippen LogP contribution in [0.5, 0.6) is 0 Å². The molecule has 4 aromatic rings. The molecule has 0 fully saturated rings. The van der Waals surface area contributed by atoms with Gasteiger partial charge in [-0.1, -0.05) is 27.7 Å². The van der Waals surface area contributed by atoms with Crippen molar-refractivity contribution in [2.24, 2.45) is 20.5 Å². The van der Waals surface area contributed by atoms with Gasteiger partial charge in [0.15, 0.2) is 37.9 Å². The van der Waals surface area contributed by atoms with Crippen LogP contribution in [0.3, 0.4) is 0 Å². The first-order chi connectivity index (χ1) is 17.3. The molecule has 6 nitrogen and oxygen atoms in total. The molecule has 0 N–H and O–H groups in total. The zero-order valence-corrected chi connectivity index (χ0v) is 27.7. The number of pyridine rings is 2. The minimum atomic E-state index is 0. The summed E-state index contributed by atoms with van der Waals surface area (Å²) in [4.78, 5) is 0. The molecular weight excluding hydrogens is 800 g/mol. The molecule has 0 aliphatic rings. The monoisotopic (exact) mass is 834 g/mol. The number of hydrogen-bond donors (Lipinski definition) is 0. The van der Waals surface area contributed by atoms with Crippen molar-refractivity contribution in [2.75, 3.05) is 0 Å². The summed E-state index contributed by atoms with van der Waals surface area (Å²) >= 11 is 0. The maximum atomic E-state index is 4.26. The van der Waals surface area contributed by atoms with Gasteiger partial charge in [-0.05, 0) is 11.4 Å². The molecule has 0 saturated heterocycles. The van der Waals surface area contributed by atoms with Crippen molar-refractivity contribution in [1.29, 1.82) is 0 Å². The Kier molecular flexibility index (Phi) is 19.9. The molecule has 0 saturated carbocycles. The smallest absolute Gasteiger partial charge is 0.171 e. The van der Waals surface area contributed by atoms with Crippen LogP contribution in [0.4, 0.5) is 22.7 Å². The van der Waals surface area contributed by atoms with E-state index in [-0.39, 0.29) is 42.1 Å². The summed E-state index contributed by atoms with van der Waals surface area (Å²) in [6, 6.07) is 28.6. The van der Waals surface area contributed by atoms with Gasteiger partial charge in [-0.25, -0.2) is 9.13 Å². The van der Waals surface area contributed by atoms with Crippen LogP contribution in [-0.4, -0.2) is 0 Å².